The van der Waals surface area contributed by atoms with Gasteiger partial charge in [-0.3, -0.25) is 4.79 Å². The van der Waals surface area contributed by atoms with Crippen LogP contribution < -0.4 is 0 Å². The molecule has 0 N–H and O–H groups in total. The van der Waals surface area contributed by atoms with E-state index in [1.54, 1.807) is 12.4 Å². The number of aryl methyl sites for hydroxylation is 1. The highest BCUT2D eigenvalue weighted by atomic mass is 19.1. The molecule has 0 aliphatic heterocycles. The van der Waals surface area contributed by atoms with Crippen molar-refractivity contribution in [3.8, 4) is 0 Å². The third-order valence-corrected chi connectivity index (χ3v) is 4.83. The Kier molecular flexibility index (Phi) is 4.94. The van der Waals surface area contributed by atoms with E-state index in [0.29, 0.717) is 19.0 Å². The minimum absolute atomic E-state index is 0.192. The summed E-state index contributed by atoms with van der Waals surface area (Å²) in [7, 11) is 0. The van der Waals surface area contributed by atoms with Gasteiger partial charge in [-0.25, -0.2) is 9.37 Å². The number of imidazole rings is 1. The van der Waals surface area contributed by atoms with Crippen LogP contribution in [0.25, 0.3) is 11.0 Å². The van der Waals surface area contributed by atoms with Gasteiger partial charge < -0.3 is 9.47 Å². The fourth-order valence-electron chi connectivity index (χ4n) is 3.60. The standard InChI is InChI=1S/C18H24FN3O/c1-2-22(15-6-4-3-5-7-15)18(23)10-11-21-13-20-16-9-8-14(19)12-17(16)21/h8-9,12-13,15H,2-7,10-11H2,1H3. The monoisotopic (exact) mass is 317 g/mol. The summed E-state index contributed by atoms with van der Waals surface area (Å²) in [5.41, 5.74) is 1.51. The van der Waals surface area contributed by atoms with Crippen molar-refractivity contribution in [3.63, 3.8) is 0 Å². The maximum absolute atomic E-state index is 13.4. The first-order valence-electron chi connectivity index (χ1n) is 8.59. The van der Waals surface area contributed by atoms with E-state index in [-0.39, 0.29) is 11.7 Å². The van der Waals surface area contributed by atoms with Crippen molar-refractivity contribution in [2.45, 2.75) is 58.0 Å². The van der Waals surface area contributed by atoms with Gasteiger partial charge in [-0.05, 0) is 38.0 Å². The van der Waals surface area contributed by atoms with Gasteiger partial charge in [0.2, 0.25) is 5.91 Å². The topological polar surface area (TPSA) is 38.1 Å². The molecule has 1 fully saturated rings. The van der Waals surface area contributed by atoms with Gasteiger partial charge in [0.15, 0.2) is 0 Å². The average Bonchev–Trinajstić information content (AvgIpc) is 2.97. The van der Waals surface area contributed by atoms with Crippen molar-refractivity contribution in [2.75, 3.05) is 6.54 Å². The number of hydrogen-bond acceptors (Lipinski definition) is 2. The maximum Gasteiger partial charge on any atom is 0.224 e. The van der Waals surface area contributed by atoms with Crippen molar-refractivity contribution < 1.29 is 9.18 Å². The second-order valence-corrected chi connectivity index (χ2v) is 6.29. The molecule has 0 saturated heterocycles. The lowest BCUT2D eigenvalue weighted by molar-refractivity contribution is -0.134. The SMILES string of the molecule is CCN(C(=O)CCn1cnc2ccc(F)cc21)C1CCCCC1. The summed E-state index contributed by atoms with van der Waals surface area (Å²) >= 11 is 0. The summed E-state index contributed by atoms with van der Waals surface area (Å²) in [6.45, 7) is 3.36. The maximum atomic E-state index is 13.4. The molecule has 0 radical (unpaired) electrons. The van der Waals surface area contributed by atoms with Crippen molar-refractivity contribution in [1.82, 2.24) is 14.5 Å². The van der Waals surface area contributed by atoms with Gasteiger partial charge in [-0.2, -0.15) is 0 Å². The normalized spacial score (nSPS) is 15.9. The third kappa shape index (κ3) is 3.54. The Balaban J connectivity index is 1.66. The van der Waals surface area contributed by atoms with Crippen LogP contribution >= 0.6 is 0 Å². The summed E-state index contributed by atoms with van der Waals surface area (Å²) in [5.74, 6) is -0.0828. The van der Waals surface area contributed by atoms with Crippen molar-refractivity contribution >= 4 is 16.9 Å². The zero-order chi connectivity index (χ0) is 16.2. The number of carbonyl (C=O) groups is 1. The highest BCUT2D eigenvalue weighted by Gasteiger charge is 2.23. The second-order valence-electron chi connectivity index (χ2n) is 6.29. The van der Waals surface area contributed by atoms with Crippen molar-refractivity contribution in [1.29, 1.82) is 0 Å². The van der Waals surface area contributed by atoms with Gasteiger partial charge in [0.25, 0.3) is 0 Å². The molecule has 0 spiro atoms. The predicted molar refractivity (Wildman–Crippen MR) is 88.6 cm³/mol. The molecule has 124 valence electrons. The van der Waals surface area contributed by atoms with Crippen LogP contribution in [0.3, 0.4) is 0 Å². The number of halogens is 1. The Morgan fingerprint density at radius 1 is 1.35 bits per heavy atom. The fourth-order valence-corrected chi connectivity index (χ4v) is 3.60. The summed E-state index contributed by atoms with van der Waals surface area (Å²) in [6, 6.07) is 4.96. The van der Waals surface area contributed by atoms with Crippen LogP contribution in [0.4, 0.5) is 4.39 Å². The summed E-state index contributed by atoms with van der Waals surface area (Å²) in [6.07, 6.45) is 8.10. The molecule has 1 aromatic carbocycles. The Bertz CT molecular complexity index is 676. The van der Waals surface area contributed by atoms with E-state index in [4.69, 9.17) is 0 Å². The number of amides is 1. The molecule has 3 rings (SSSR count). The quantitative estimate of drug-likeness (QED) is 0.842. The number of carbonyl (C=O) groups excluding carboxylic acids is 1. The van der Waals surface area contributed by atoms with Gasteiger partial charge in [-0.1, -0.05) is 19.3 Å². The smallest absolute Gasteiger partial charge is 0.224 e. The Hall–Kier alpha value is -1.91. The zero-order valence-corrected chi connectivity index (χ0v) is 13.7. The third-order valence-electron chi connectivity index (χ3n) is 4.83. The lowest BCUT2D eigenvalue weighted by atomic mass is 9.94. The molecule has 2 aromatic rings. The van der Waals surface area contributed by atoms with Crippen LogP contribution in [0.5, 0.6) is 0 Å². The van der Waals surface area contributed by atoms with Crippen LogP contribution in [0.15, 0.2) is 24.5 Å². The van der Waals surface area contributed by atoms with Crippen molar-refractivity contribution in [2.24, 2.45) is 0 Å². The van der Waals surface area contributed by atoms with E-state index in [9.17, 15) is 9.18 Å². The number of nitrogens with zero attached hydrogens (tertiary/aromatic N) is 3. The first-order chi connectivity index (χ1) is 11.2. The molecule has 0 unspecified atom stereocenters. The summed E-state index contributed by atoms with van der Waals surface area (Å²) in [5, 5.41) is 0. The van der Waals surface area contributed by atoms with E-state index >= 15 is 0 Å². The molecule has 1 aliphatic carbocycles. The summed E-state index contributed by atoms with van der Waals surface area (Å²) in [4.78, 5) is 18.9. The summed E-state index contributed by atoms with van der Waals surface area (Å²) < 4.78 is 15.3. The molecule has 23 heavy (non-hydrogen) atoms. The van der Waals surface area contributed by atoms with E-state index < -0.39 is 0 Å². The first-order valence-corrected chi connectivity index (χ1v) is 8.59. The number of hydrogen-bond donors (Lipinski definition) is 0. The molecule has 1 saturated carbocycles. The average molecular weight is 317 g/mol. The van der Waals surface area contributed by atoms with Gasteiger partial charge in [0, 0.05) is 25.6 Å². The lowest BCUT2D eigenvalue weighted by Crippen LogP contribution is -2.41. The van der Waals surface area contributed by atoms with Crippen LogP contribution in [0.2, 0.25) is 0 Å². The molecule has 1 aliphatic rings. The Labute approximate surface area is 136 Å². The molecular formula is C18H24FN3O. The van der Waals surface area contributed by atoms with Gasteiger partial charge >= 0.3 is 0 Å². The first kappa shape index (κ1) is 16.0. The van der Waals surface area contributed by atoms with Gasteiger partial charge in [0.05, 0.1) is 17.4 Å². The van der Waals surface area contributed by atoms with E-state index in [2.05, 4.69) is 11.9 Å². The molecule has 1 amide bonds. The van der Waals surface area contributed by atoms with Gasteiger partial charge in [0.1, 0.15) is 5.82 Å². The number of benzene rings is 1. The lowest BCUT2D eigenvalue weighted by Gasteiger charge is -2.33. The van der Waals surface area contributed by atoms with Crippen molar-refractivity contribution in [3.05, 3.63) is 30.3 Å². The van der Waals surface area contributed by atoms with Crippen LogP contribution in [-0.4, -0.2) is 32.9 Å². The Morgan fingerprint density at radius 2 is 2.13 bits per heavy atom. The molecule has 0 bridgehead atoms. The Morgan fingerprint density at radius 3 is 2.87 bits per heavy atom. The predicted octanol–water partition coefficient (Wildman–Crippen LogP) is 3.75. The minimum atomic E-state index is -0.275. The molecule has 5 heteroatoms. The molecule has 0 atom stereocenters. The fraction of sp³-hybridized carbons (Fsp3) is 0.556. The van der Waals surface area contributed by atoms with E-state index in [1.165, 1.54) is 31.4 Å². The van der Waals surface area contributed by atoms with E-state index in [0.717, 1.165) is 30.4 Å². The zero-order valence-electron chi connectivity index (χ0n) is 13.7. The molecule has 1 heterocycles. The number of aromatic nitrogens is 2. The largest absolute Gasteiger partial charge is 0.340 e. The van der Waals surface area contributed by atoms with Crippen LogP contribution in [-0.2, 0) is 11.3 Å². The van der Waals surface area contributed by atoms with Crippen LogP contribution in [0, 0.1) is 5.82 Å². The number of fused-ring (bicyclic) bond motifs is 1. The van der Waals surface area contributed by atoms with Gasteiger partial charge in [-0.15, -0.1) is 0 Å². The number of rotatable bonds is 5. The second kappa shape index (κ2) is 7.11. The van der Waals surface area contributed by atoms with Crippen LogP contribution in [0.1, 0.15) is 45.4 Å². The molecule has 4 nitrogen and oxygen atoms in total. The molecular weight excluding hydrogens is 293 g/mol. The minimum Gasteiger partial charge on any atom is -0.340 e. The molecule has 1 aromatic heterocycles. The highest BCUT2D eigenvalue weighted by molar-refractivity contribution is 5.78. The highest BCUT2D eigenvalue weighted by Crippen LogP contribution is 2.23. The van der Waals surface area contributed by atoms with E-state index in [1.807, 2.05) is 9.47 Å².